The largest absolute Gasteiger partial charge is 0.309 e. The lowest BCUT2D eigenvalue weighted by Crippen LogP contribution is -2.53. The number of carbonyl (C=O) groups is 2. The molecule has 1 aliphatic carbocycles. The van der Waals surface area contributed by atoms with Crippen molar-refractivity contribution in [1.29, 1.82) is 5.26 Å². The number of para-hydroxylation sites is 1. The summed E-state index contributed by atoms with van der Waals surface area (Å²) >= 11 is 6.45. The normalized spacial score (nSPS) is 21.7. The average Bonchev–Trinajstić information content (AvgIpc) is 3.51. The van der Waals surface area contributed by atoms with Gasteiger partial charge < -0.3 is 4.57 Å². The maximum atomic E-state index is 14.7. The maximum absolute atomic E-state index is 14.7. The minimum absolute atomic E-state index is 0.0233. The van der Waals surface area contributed by atoms with E-state index in [2.05, 4.69) is 12.0 Å². The first-order valence-electron chi connectivity index (χ1n) is 12.7. The highest BCUT2D eigenvalue weighted by Crippen LogP contribution is 2.59. The lowest BCUT2D eigenvalue weighted by atomic mass is 9.60. The zero-order chi connectivity index (χ0) is 27.5. The second kappa shape index (κ2) is 8.76. The fourth-order valence-electron chi connectivity index (χ4n) is 6.37. The molecule has 3 heterocycles. The van der Waals surface area contributed by atoms with Crippen LogP contribution in [0.25, 0.3) is 5.82 Å². The molecule has 7 heteroatoms. The molecule has 1 spiro atoms. The van der Waals surface area contributed by atoms with Gasteiger partial charge in [-0.3, -0.25) is 19.4 Å². The Balaban J connectivity index is 1.81. The predicted molar refractivity (Wildman–Crippen MR) is 152 cm³/mol. The Hall–Kier alpha value is -4.52. The maximum Gasteiger partial charge on any atom is 0.248 e. The van der Waals surface area contributed by atoms with E-state index in [0.29, 0.717) is 45.5 Å². The van der Waals surface area contributed by atoms with Gasteiger partial charge in [0.1, 0.15) is 17.3 Å². The van der Waals surface area contributed by atoms with Gasteiger partial charge in [-0.05, 0) is 48.2 Å². The van der Waals surface area contributed by atoms with Crippen molar-refractivity contribution in [1.82, 2.24) is 4.57 Å². The van der Waals surface area contributed by atoms with Crippen molar-refractivity contribution in [3.8, 4) is 18.4 Å². The van der Waals surface area contributed by atoms with Crippen molar-refractivity contribution in [2.75, 3.05) is 16.3 Å². The van der Waals surface area contributed by atoms with Crippen LogP contribution in [0.2, 0.25) is 5.02 Å². The number of hydrogen-bond donors (Lipinski definition) is 0. The van der Waals surface area contributed by atoms with E-state index in [1.165, 1.54) is 4.90 Å². The predicted octanol–water partition coefficient (Wildman–Crippen LogP) is 5.91. The summed E-state index contributed by atoms with van der Waals surface area (Å²) in [4.78, 5) is 32.4. The molecule has 39 heavy (non-hydrogen) atoms. The van der Waals surface area contributed by atoms with E-state index < -0.39 is 5.41 Å². The summed E-state index contributed by atoms with van der Waals surface area (Å²) in [6.07, 6.45) is 10.1. The van der Waals surface area contributed by atoms with Crippen molar-refractivity contribution in [2.24, 2.45) is 5.41 Å². The summed E-state index contributed by atoms with van der Waals surface area (Å²) in [5.41, 5.74) is 1.10. The van der Waals surface area contributed by atoms with Crippen molar-refractivity contribution in [3.63, 3.8) is 0 Å². The van der Waals surface area contributed by atoms with Crippen molar-refractivity contribution < 1.29 is 9.59 Å². The monoisotopic (exact) mass is 532 g/mol. The number of nitriles is 1. The van der Waals surface area contributed by atoms with Crippen LogP contribution in [0.3, 0.4) is 0 Å². The van der Waals surface area contributed by atoms with E-state index in [1.54, 1.807) is 6.07 Å². The number of benzene rings is 2. The minimum atomic E-state index is -1.63. The molecule has 2 aromatic carbocycles. The van der Waals surface area contributed by atoms with E-state index in [4.69, 9.17) is 18.0 Å². The van der Waals surface area contributed by atoms with Gasteiger partial charge in [-0.15, -0.1) is 6.42 Å². The van der Waals surface area contributed by atoms with E-state index in [9.17, 15) is 14.9 Å². The van der Waals surface area contributed by atoms with Crippen LogP contribution < -0.4 is 9.80 Å². The first kappa shape index (κ1) is 24.8. The van der Waals surface area contributed by atoms with Crippen LogP contribution in [-0.2, 0) is 15.0 Å². The third-order valence-electron chi connectivity index (χ3n) is 7.75. The molecule has 192 valence electrons. The van der Waals surface area contributed by atoms with Crippen LogP contribution in [0.1, 0.15) is 32.3 Å². The molecule has 0 saturated carbocycles. The number of ketones is 1. The standard InChI is InChI=1S/C32H25ClN4O2/c1-4-14-36-25-13-6-5-12-23(25)32(30(36)39)24(20-34)29(35-15-7-8-16-35)37(22-11-9-10-21(33)17-22)26-18-31(2,3)19-27(38)28(26)32/h1,5-13,15-17H,14,18-19H2,2-3H3/t32-/m1/s1. The summed E-state index contributed by atoms with van der Waals surface area (Å²) < 4.78 is 1.83. The van der Waals surface area contributed by atoms with E-state index in [-0.39, 0.29) is 35.6 Å². The summed E-state index contributed by atoms with van der Waals surface area (Å²) in [5.74, 6) is 2.54. The number of aromatic nitrogens is 1. The number of amides is 1. The molecule has 0 unspecified atom stereocenters. The number of Topliss-reactive ketones (excluding diaryl/α,β-unsaturated/α-hetero) is 1. The summed E-state index contributed by atoms with van der Waals surface area (Å²) in [6, 6.07) is 20.8. The van der Waals surface area contributed by atoms with Gasteiger partial charge in [0, 0.05) is 52.0 Å². The molecule has 1 atom stereocenters. The van der Waals surface area contributed by atoms with Crippen LogP contribution in [0, 0.1) is 29.1 Å². The Morgan fingerprint density at radius 1 is 1.03 bits per heavy atom. The molecule has 0 radical (unpaired) electrons. The fraction of sp³-hybridized carbons (Fsp3) is 0.219. The van der Waals surface area contributed by atoms with Gasteiger partial charge in [0.15, 0.2) is 5.78 Å². The molecular formula is C32H25ClN4O2. The average molecular weight is 533 g/mol. The van der Waals surface area contributed by atoms with Gasteiger partial charge in [-0.1, -0.05) is 55.6 Å². The number of rotatable bonds is 3. The van der Waals surface area contributed by atoms with Crippen molar-refractivity contribution >= 4 is 40.5 Å². The Morgan fingerprint density at radius 3 is 2.46 bits per heavy atom. The second-order valence-corrected chi connectivity index (χ2v) is 11.3. The van der Waals surface area contributed by atoms with Gasteiger partial charge >= 0.3 is 0 Å². The number of nitrogens with zero attached hydrogens (tertiary/aromatic N) is 4. The minimum Gasteiger partial charge on any atom is -0.309 e. The molecule has 6 rings (SSSR count). The number of anilines is 2. The molecule has 0 N–H and O–H groups in total. The van der Waals surface area contributed by atoms with Crippen molar-refractivity contribution in [2.45, 2.75) is 32.1 Å². The Morgan fingerprint density at radius 2 is 1.77 bits per heavy atom. The van der Waals surface area contributed by atoms with Gasteiger partial charge in [0.05, 0.1) is 12.1 Å². The quantitative estimate of drug-likeness (QED) is 0.393. The number of hydrogen-bond acceptors (Lipinski definition) is 4. The molecule has 3 aliphatic rings. The summed E-state index contributed by atoms with van der Waals surface area (Å²) in [5, 5.41) is 11.4. The van der Waals surface area contributed by atoms with E-state index in [0.717, 1.165) is 0 Å². The topological polar surface area (TPSA) is 69.3 Å². The number of fused-ring (bicyclic) bond motifs is 3. The number of halogens is 1. The SMILES string of the molecule is C#CCN1C(=O)[C@@]2(C(C#N)=C(n3cccc3)N(c3cccc(Cl)c3)C3=C2C(=O)CC(C)(C)C3)c2ccccc21. The lowest BCUT2D eigenvalue weighted by molar-refractivity contribution is -0.124. The van der Waals surface area contributed by atoms with Crippen LogP contribution in [0.15, 0.2) is 89.9 Å². The van der Waals surface area contributed by atoms with Gasteiger partial charge in [0.25, 0.3) is 0 Å². The molecule has 3 aromatic rings. The molecule has 2 aliphatic heterocycles. The van der Waals surface area contributed by atoms with Crippen molar-refractivity contribution in [3.05, 3.63) is 100 Å². The molecular weight excluding hydrogens is 508 g/mol. The van der Waals surface area contributed by atoms with Gasteiger partial charge in [0.2, 0.25) is 5.91 Å². The van der Waals surface area contributed by atoms with Gasteiger partial charge in [-0.2, -0.15) is 5.26 Å². The smallest absolute Gasteiger partial charge is 0.248 e. The molecule has 6 nitrogen and oxygen atoms in total. The Labute approximate surface area is 232 Å². The molecule has 1 aromatic heterocycles. The highest BCUT2D eigenvalue weighted by atomic mass is 35.5. The molecule has 1 amide bonds. The zero-order valence-electron chi connectivity index (χ0n) is 21.6. The third kappa shape index (κ3) is 3.42. The highest BCUT2D eigenvalue weighted by molar-refractivity contribution is 6.31. The summed E-state index contributed by atoms with van der Waals surface area (Å²) in [6.45, 7) is 4.12. The number of terminal acetylenes is 1. The first-order valence-corrected chi connectivity index (χ1v) is 13.1. The fourth-order valence-corrected chi connectivity index (χ4v) is 6.55. The third-order valence-corrected chi connectivity index (χ3v) is 7.98. The number of allylic oxidation sites excluding steroid dienone is 1. The lowest BCUT2D eigenvalue weighted by Gasteiger charge is -2.47. The number of carbonyl (C=O) groups excluding carboxylic acids is 2. The molecule has 0 saturated heterocycles. The second-order valence-electron chi connectivity index (χ2n) is 10.8. The first-order chi connectivity index (χ1) is 18.7. The zero-order valence-corrected chi connectivity index (χ0v) is 22.4. The highest BCUT2D eigenvalue weighted by Gasteiger charge is 2.63. The molecule has 0 fully saturated rings. The van der Waals surface area contributed by atoms with E-state index >= 15 is 0 Å². The molecule has 0 bridgehead atoms. The summed E-state index contributed by atoms with van der Waals surface area (Å²) in [7, 11) is 0. The Bertz CT molecular complexity index is 1700. The van der Waals surface area contributed by atoms with Crippen LogP contribution in [0.4, 0.5) is 11.4 Å². The van der Waals surface area contributed by atoms with Crippen LogP contribution in [0.5, 0.6) is 0 Å². The van der Waals surface area contributed by atoms with Gasteiger partial charge in [-0.25, -0.2) is 0 Å². The van der Waals surface area contributed by atoms with Crippen LogP contribution >= 0.6 is 11.6 Å². The Kier molecular flexibility index (Phi) is 5.57. The van der Waals surface area contributed by atoms with E-state index in [1.807, 2.05) is 90.3 Å². The van der Waals surface area contributed by atoms with Crippen LogP contribution in [-0.4, -0.2) is 22.8 Å².